The zero-order valence-corrected chi connectivity index (χ0v) is 8.15. The maximum absolute atomic E-state index is 10.1. The molecule has 0 fully saturated rings. The van der Waals surface area contributed by atoms with Crippen molar-refractivity contribution >= 4 is 33.5 Å². The second-order valence-electron chi connectivity index (χ2n) is 1.99. The summed E-state index contributed by atoms with van der Waals surface area (Å²) in [5.74, 6) is 1.87. The number of carboxylic acid groups (broad SMARTS) is 1. The van der Waals surface area contributed by atoms with Crippen molar-refractivity contribution in [2.75, 3.05) is 0 Å². The van der Waals surface area contributed by atoms with E-state index in [1.807, 2.05) is 0 Å². The van der Waals surface area contributed by atoms with E-state index in [-0.39, 0.29) is 11.8 Å². The minimum absolute atomic E-state index is 0.160. The fraction of sp³-hybridized carbons (Fsp3) is 0.571. The molecule has 0 saturated carbocycles. The van der Waals surface area contributed by atoms with Crippen LogP contribution in [0.2, 0.25) is 0 Å². The Labute approximate surface area is 79.1 Å². The lowest BCUT2D eigenvalue weighted by molar-refractivity contribution is -0.137. The van der Waals surface area contributed by atoms with E-state index in [0.717, 1.165) is 0 Å². The van der Waals surface area contributed by atoms with E-state index in [1.54, 1.807) is 0 Å². The summed E-state index contributed by atoms with van der Waals surface area (Å²) in [4.78, 5) is 12.5. The van der Waals surface area contributed by atoms with Crippen molar-refractivity contribution < 1.29 is 9.90 Å². The third-order valence-electron chi connectivity index (χ3n) is 1.06. The molecule has 0 aromatic carbocycles. The second-order valence-corrected chi connectivity index (χ2v) is 2.92. The lowest BCUT2D eigenvalue weighted by Crippen LogP contribution is -1.98. The maximum Gasteiger partial charge on any atom is 0.303 e. The highest BCUT2D eigenvalue weighted by molar-refractivity contribution is 9.12. The number of halogens is 2. The average Bonchev–Trinajstić information content (AvgIpc) is 1.87. The average molecular weight is 239 g/mol. The minimum atomic E-state index is -0.791. The van der Waals surface area contributed by atoms with Gasteiger partial charge in [-0.2, -0.15) is 0 Å². The van der Waals surface area contributed by atoms with Crippen LogP contribution < -0.4 is 0 Å². The van der Waals surface area contributed by atoms with E-state index in [2.05, 4.69) is 26.7 Å². The zero-order valence-electron chi connectivity index (χ0n) is 5.81. The van der Waals surface area contributed by atoms with Gasteiger partial charge in [-0.25, -0.2) is 0 Å². The quantitative estimate of drug-likeness (QED) is 0.603. The van der Waals surface area contributed by atoms with Gasteiger partial charge in [-0.15, -0.1) is 11.6 Å². The Kier molecular flexibility index (Phi) is 6.39. The van der Waals surface area contributed by atoms with Gasteiger partial charge in [-0.3, -0.25) is 4.79 Å². The molecule has 0 aromatic rings. The van der Waals surface area contributed by atoms with Crippen LogP contribution in [0.1, 0.15) is 19.3 Å². The van der Waals surface area contributed by atoms with Gasteiger partial charge in [0, 0.05) is 22.4 Å². The Morgan fingerprint density at radius 3 is 2.82 bits per heavy atom. The molecule has 1 N–H and O–H groups in total. The number of hydrogen-bond acceptors (Lipinski definition) is 1. The molecule has 0 radical (unpaired) electrons. The smallest absolute Gasteiger partial charge is 0.303 e. The third-order valence-corrected chi connectivity index (χ3v) is 1.62. The molecule has 0 rings (SSSR count). The van der Waals surface area contributed by atoms with Crippen LogP contribution in [0.4, 0.5) is 0 Å². The molecule has 0 aliphatic carbocycles. The van der Waals surface area contributed by atoms with Gasteiger partial charge in [0.05, 0.1) is 5.38 Å². The number of hydrogen-bond donors (Lipinski definition) is 1. The van der Waals surface area contributed by atoms with E-state index in [9.17, 15) is 4.79 Å². The van der Waals surface area contributed by atoms with Crippen LogP contribution in [0.5, 0.6) is 0 Å². The molecule has 11 heavy (non-hydrogen) atoms. The molecule has 0 aromatic heterocycles. The Hall–Kier alpha value is -0.200. The predicted octanol–water partition coefficient (Wildman–Crippen LogP) is 2.20. The van der Waals surface area contributed by atoms with Crippen molar-refractivity contribution in [3.05, 3.63) is 0 Å². The predicted molar refractivity (Wildman–Crippen MR) is 47.8 cm³/mol. The number of carboxylic acids is 1. The topological polar surface area (TPSA) is 37.3 Å². The Bertz CT molecular complexity index is 183. The first kappa shape index (κ1) is 10.8. The standard InChI is InChI=1S/C7H8BrClO2/c8-5-4-6(9)2-1-3-7(10)11/h6H,1-3H2,(H,10,11). The van der Waals surface area contributed by atoms with Crippen LogP contribution in [0, 0.1) is 10.8 Å². The van der Waals surface area contributed by atoms with E-state index in [1.165, 1.54) is 0 Å². The highest BCUT2D eigenvalue weighted by Gasteiger charge is 2.01. The molecule has 0 spiro atoms. The highest BCUT2D eigenvalue weighted by Crippen LogP contribution is 2.06. The van der Waals surface area contributed by atoms with Gasteiger partial charge in [-0.05, 0) is 17.7 Å². The van der Waals surface area contributed by atoms with Crippen LogP contribution in [-0.2, 0) is 4.79 Å². The normalized spacial score (nSPS) is 11.5. The first-order chi connectivity index (χ1) is 5.16. The summed E-state index contributed by atoms with van der Waals surface area (Å²) in [6, 6.07) is 0. The van der Waals surface area contributed by atoms with Gasteiger partial charge < -0.3 is 5.11 Å². The Morgan fingerprint density at radius 1 is 1.73 bits per heavy atom. The molecule has 62 valence electrons. The number of alkyl halides is 1. The SMILES string of the molecule is O=C(O)CCCC(Cl)C#CBr. The molecule has 4 heteroatoms. The van der Waals surface area contributed by atoms with Crippen molar-refractivity contribution in [3.63, 3.8) is 0 Å². The van der Waals surface area contributed by atoms with Crippen molar-refractivity contribution in [1.82, 2.24) is 0 Å². The lowest BCUT2D eigenvalue weighted by atomic mass is 10.2. The van der Waals surface area contributed by atoms with Gasteiger partial charge in [0.1, 0.15) is 0 Å². The van der Waals surface area contributed by atoms with Gasteiger partial charge in [0.25, 0.3) is 0 Å². The molecular formula is C7H8BrClO2. The first-order valence-corrected chi connectivity index (χ1v) is 4.36. The van der Waals surface area contributed by atoms with Crippen LogP contribution in [0.15, 0.2) is 0 Å². The fourth-order valence-electron chi connectivity index (χ4n) is 0.564. The molecule has 1 unspecified atom stereocenters. The van der Waals surface area contributed by atoms with Crippen LogP contribution in [0.25, 0.3) is 0 Å². The summed E-state index contributed by atoms with van der Waals surface area (Å²) in [7, 11) is 0. The first-order valence-electron chi connectivity index (χ1n) is 3.14. The lowest BCUT2D eigenvalue weighted by Gasteiger charge is -1.97. The van der Waals surface area contributed by atoms with E-state index >= 15 is 0 Å². The largest absolute Gasteiger partial charge is 0.481 e. The summed E-state index contributed by atoms with van der Waals surface area (Å²) in [5.41, 5.74) is 0. The van der Waals surface area contributed by atoms with Crippen molar-refractivity contribution in [2.45, 2.75) is 24.6 Å². The van der Waals surface area contributed by atoms with Crippen molar-refractivity contribution in [2.24, 2.45) is 0 Å². The van der Waals surface area contributed by atoms with Gasteiger partial charge in [0.15, 0.2) is 0 Å². The zero-order chi connectivity index (χ0) is 8.69. The second kappa shape index (κ2) is 6.51. The van der Waals surface area contributed by atoms with Crippen LogP contribution in [0.3, 0.4) is 0 Å². The fourth-order valence-corrected chi connectivity index (χ4v) is 1.18. The molecule has 0 heterocycles. The monoisotopic (exact) mass is 238 g/mol. The number of carbonyl (C=O) groups is 1. The maximum atomic E-state index is 10.1. The molecule has 2 nitrogen and oxygen atoms in total. The Balaban J connectivity index is 3.36. The minimum Gasteiger partial charge on any atom is -0.481 e. The number of aliphatic carboxylic acids is 1. The molecular weight excluding hydrogens is 231 g/mol. The van der Waals surface area contributed by atoms with E-state index < -0.39 is 5.97 Å². The van der Waals surface area contributed by atoms with Crippen molar-refractivity contribution in [3.8, 4) is 10.8 Å². The molecule has 0 aliphatic heterocycles. The van der Waals surface area contributed by atoms with Gasteiger partial charge >= 0.3 is 5.97 Å². The number of rotatable bonds is 4. The summed E-state index contributed by atoms with van der Waals surface area (Å²) in [6.45, 7) is 0. The summed E-state index contributed by atoms with van der Waals surface area (Å²) in [6.07, 6.45) is 1.35. The molecule has 0 saturated heterocycles. The van der Waals surface area contributed by atoms with E-state index in [0.29, 0.717) is 12.8 Å². The summed E-state index contributed by atoms with van der Waals surface area (Å²) in [5, 5.41) is 8.03. The molecule has 1 atom stereocenters. The summed E-state index contributed by atoms with van der Waals surface area (Å²) >= 11 is 8.58. The highest BCUT2D eigenvalue weighted by atomic mass is 79.9. The molecule has 0 bridgehead atoms. The van der Waals surface area contributed by atoms with Gasteiger partial charge in [0.2, 0.25) is 0 Å². The van der Waals surface area contributed by atoms with Crippen LogP contribution >= 0.6 is 27.5 Å². The van der Waals surface area contributed by atoms with E-state index in [4.69, 9.17) is 16.7 Å². The summed E-state index contributed by atoms with van der Waals surface area (Å²) < 4.78 is 0. The van der Waals surface area contributed by atoms with Crippen molar-refractivity contribution in [1.29, 1.82) is 0 Å². The third kappa shape index (κ3) is 7.70. The molecule has 0 aliphatic rings. The van der Waals surface area contributed by atoms with Gasteiger partial charge in [-0.1, -0.05) is 5.92 Å². The Morgan fingerprint density at radius 2 is 2.36 bits per heavy atom. The van der Waals surface area contributed by atoms with Crippen LogP contribution in [-0.4, -0.2) is 16.5 Å². The molecule has 0 amide bonds.